The molecule has 0 unspecified atom stereocenters. The summed E-state index contributed by atoms with van der Waals surface area (Å²) in [7, 11) is 0. The molecule has 0 aromatic heterocycles. The molecule has 0 radical (unpaired) electrons. The summed E-state index contributed by atoms with van der Waals surface area (Å²) in [6.45, 7) is -1.27. The second kappa shape index (κ2) is 9.83. The van der Waals surface area contributed by atoms with E-state index in [2.05, 4.69) is 0 Å². The lowest BCUT2D eigenvalue weighted by Gasteiger charge is -2.40. The molecule has 0 bridgehead atoms. The van der Waals surface area contributed by atoms with Gasteiger partial charge in [0.2, 0.25) is 0 Å². The van der Waals surface area contributed by atoms with Crippen molar-refractivity contribution < 1.29 is 54.7 Å². The number of phenolic OH excluding ortho intramolecular Hbond substituents is 1. The second-order valence-electron chi connectivity index (χ2n) is 7.52. The van der Waals surface area contributed by atoms with Gasteiger partial charge in [-0.1, -0.05) is 12.1 Å². The Kier molecular flexibility index (Phi) is 7.63. The van der Waals surface area contributed by atoms with Crippen LogP contribution < -0.4 is 0 Å². The molecule has 0 spiro atoms. The summed E-state index contributed by atoms with van der Waals surface area (Å²) in [5, 5.41) is 68.8. The average molecular weight is 432 g/mol. The molecule has 8 atom stereocenters. The standard InChI is InChI=1S/C19H28O11/c20-8-19(26)9-29-18(16(19)25)28-7-12-13(22)14(23)15(24)17(30-12)27-6-5-10-1-3-11(21)4-2-10/h1-4,12-18,20-26H,5-9H2/t12-,13-,14+,15-,16+,17-,18-,19-/m1/s1. The Hall–Kier alpha value is -1.38. The fourth-order valence-corrected chi connectivity index (χ4v) is 3.27. The minimum atomic E-state index is -1.85. The molecule has 170 valence electrons. The van der Waals surface area contributed by atoms with Crippen molar-refractivity contribution >= 4 is 0 Å². The van der Waals surface area contributed by atoms with Gasteiger partial charge in [-0.3, -0.25) is 0 Å². The summed E-state index contributed by atoms with van der Waals surface area (Å²) in [4.78, 5) is 0. The lowest BCUT2D eigenvalue weighted by Crippen LogP contribution is -2.59. The normalized spacial score (nSPS) is 39.3. The minimum Gasteiger partial charge on any atom is -0.508 e. The van der Waals surface area contributed by atoms with Crippen molar-refractivity contribution in [1.29, 1.82) is 0 Å². The van der Waals surface area contributed by atoms with Gasteiger partial charge in [0.25, 0.3) is 0 Å². The van der Waals surface area contributed by atoms with Gasteiger partial charge in [0.15, 0.2) is 12.6 Å². The van der Waals surface area contributed by atoms with Gasteiger partial charge < -0.3 is 54.7 Å². The average Bonchev–Trinajstić information content (AvgIpc) is 3.03. The number of aliphatic hydroxyl groups is 6. The van der Waals surface area contributed by atoms with Crippen LogP contribution in [0.5, 0.6) is 5.75 Å². The van der Waals surface area contributed by atoms with Crippen molar-refractivity contribution in [2.24, 2.45) is 0 Å². The third-order valence-electron chi connectivity index (χ3n) is 5.28. The molecular formula is C19H28O11. The Morgan fingerprint density at radius 1 is 0.967 bits per heavy atom. The van der Waals surface area contributed by atoms with Gasteiger partial charge in [-0.05, 0) is 24.1 Å². The lowest BCUT2D eigenvalue weighted by atomic mass is 9.99. The summed E-state index contributed by atoms with van der Waals surface area (Å²) >= 11 is 0. The molecule has 30 heavy (non-hydrogen) atoms. The fraction of sp³-hybridized carbons (Fsp3) is 0.684. The van der Waals surface area contributed by atoms with E-state index in [1.54, 1.807) is 12.1 Å². The van der Waals surface area contributed by atoms with Crippen LogP contribution in [-0.4, -0.2) is 111 Å². The molecular weight excluding hydrogens is 404 g/mol. The van der Waals surface area contributed by atoms with Crippen molar-refractivity contribution in [3.63, 3.8) is 0 Å². The van der Waals surface area contributed by atoms with Crippen LogP contribution >= 0.6 is 0 Å². The van der Waals surface area contributed by atoms with E-state index in [0.29, 0.717) is 6.42 Å². The summed E-state index contributed by atoms with van der Waals surface area (Å²) in [6.07, 6.45) is -9.23. The van der Waals surface area contributed by atoms with E-state index in [1.165, 1.54) is 12.1 Å². The monoisotopic (exact) mass is 432 g/mol. The Morgan fingerprint density at radius 2 is 1.67 bits per heavy atom. The van der Waals surface area contributed by atoms with Gasteiger partial charge in [0.05, 0.1) is 26.4 Å². The van der Waals surface area contributed by atoms with Crippen LogP contribution in [-0.2, 0) is 25.4 Å². The first-order chi connectivity index (χ1) is 14.2. The van der Waals surface area contributed by atoms with Gasteiger partial charge >= 0.3 is 0 Å². The molecule has 2 aliphatic heterocycles. The predicted molar refractivity (Wildman–Crippen MR) is 98.2 cm³/mol. The largest absolute Gasteiger partial charge is 0.508 e. The van der Waals surface area contributed by atoms with Gasteiger partial charge in [-0.2, -0.15) is 0 Å². The van der Waals surface area contributed by atoms with Crippen LogP contribution in [0.2, 0.25) is 0 Å². The zero-order chi connectivity index (χ0) is 21.9. The van der Waals surface area contributed by atoms with Crippen molar-refractivity contribution in [3.05, 3.63) is 29.8 Å². The van der Waals surface area contributed by atoms with Crippen molar-refractivity contribution in [1.82, 2.24) is 0 Å². The van der Waals surface area contributed by atoms with E-state index in [-0.39, 0.29) is 25.6 Å². The molecule has 11 heteroatoms. The van der Waals surface area contributed by atoms with Gasteiger partial charge in [-0.25, -0.2) is 0 Å². The number of phenols is 1. The Morgan fingerprint density at radius 3 is 2.30 bits per heavy atom. The number of hydrogen-bond acceptors (Lipinski definition) is 11. The molecule has 0 amide bonds. The maximum absolute atomic E-state index is 10.2. The summed E-state index contributed by atoms with van der Waals surface area (Å²) < 4.78 is 21.5. The highest BCUT2D eigenvalue weighted by molar-refractivity contribution is 5.25. The molecule has 1 aromatic rings. The Labute approximate surface area is 172 Å². The van der Waals surface area contributed by atoms with E-state index in [0.717, 1.165) is 5.56 Å². The van der Waals surface area contributed by atoms with Crippen molar-refractivity contribution in [3.8, 4) is 5.75 Å². The number of aliphatic hydroxyl groups excluding tert-OH is 5. The van der Waals surface area contributed by atoms with E-state index >= 15 is 0 Å². The maximum atomic E-state index is 10.2. The van der Waals surface area contributed by atoms with Crippen molar-refractivity contribution in [2.45, 2.75) is 55.1 Å². The Bertz CT molecular complexity index is 671. The van der Waals surface area contributed by atoms with Crippen LogP contribution in [0.25, 0.3) is 0 Å². The molecule has 1 aromatic carbocycles. The van der Waals surface area contributed by atoms with E-state index in [4.69, 9.17) is 24.1 Å². The summed E-state index contributed by atoms with van der Waals surface area (Å²) in [6, 6.07) is 6.50. The van der Waals surface area contributed by atoms with E-state index in [9.17, 15) is 30.6 Å². The highest BCUT2D eigenvalue weighted by Crippen LogP contribution is 2.27. The molecule has 0 saturated carbocycles. The zero-order valence-electron chi connectivity index (χ0n) is 16.1. The van der Waals surface area contributed by atoms with Gasteiger partial charge in [-0.15, -0.1) is 0 Å². The van der Waals surface area contributed by atoms with Crippen LogP contribution in [0.3, 0.4) is 0 Å². The third-order valence-corrected chi connectivity index (χ3v) is 5.28. The minimum absolute atomic E-state index is 0.136. The van der Waals surface area contributed by atoms with Crippen molar-refractivity contribution in [2.75, 3.05) is 26.4 Å². The quantitative estimate of drug-likeness (QED) is 0.226. The topological polar surface area (TPSA) is 179 Å². The highest BCUT2D eigenvalue weighted by Gasteiger charge is 2.50. The smallest absolute Gasteiger partial charge is 0.186 e. The molecule has 2 saturated heterocycles. The molecule has 11 nitrogen and oxygen atoms in total. The van der Waals surface area contributed by atoms with Crippen LogP contribution in [0.1, 0.15) is 5.56 Å². The first kappa shape index (κ1) is 23.3. The predicted octanol–water partition coefficient (Wildman–Crippen LogP) is -2.78. The molecule has 3 rings (SSSR count). The first-order valence-corrected chi connectivity index (χ1v) is 9.59. The molecule has 2 heterocycles. The van der Waals surface area contributed by atoms with Crippen LogP contribution in [0.15, 0.2) is 24.3 Å². The first-order valence-electron chi connectivity index (χ1n) is 9.59. The van der Waals surface area contributed by atoms with Crippen LogP contribution in [0.4, 0.5) is 0 Å². The van der Waals surface area contributed by atoms with E-state index in [1.807, 2.05) is 0 Å². The highest BCUT2D eigenvalue weighted by atomic mass is 16.7. The van der Waals surface area contributed by atoms with E-state index < -0.39 is 55.3 Å². The fourth-order valence-electron chi connectivity index (χ4n) is 3.27. The lowest BCUT2D eigenvalue weighted by molar-refractivity contribution is -0.309. The number of aromatic hydroxyl groups is 1. The maximum Gasteiger partial charge on any atom is 0.186 e. The molecule has 7 N–H and O–H groups in total. The number of rotatable bonds is 8. The SMILES string of the molecule is OC[C@@]1(O)CO[C@@H](OC[C@H]2O[C@@H](OCCc3ccc(O)cc3)[C@H](O)[C@@H](O)[C@@H]2O)[C@@H]1O. The second-order valence-corrected chi connectivity index (χ2v) is 7.52. The summed E-state index contributed by atoms with van der Waals surface area (Å²) in [5.74, 6) is 0.138. The molecule has 2 aliphatic rings. The zero-order valence-corrected chi connectivity index (χ0v) is 16.1. The van der Waals surface area contributed by atoms with Gasteiger partial charge in [0, 0.05) is 0 Å². The van der Waals surface area contributed by atoms with Crippen LogP contribution in [0, 0.1) is 0 Å². The number of benzene rings is 1. The van der Waals surface area contributed by atoms with Gasteiger partial charge in [0.1, 0.15) is 41.9 Å². The Balaban J connectivity index is 1.52. The number of hydrogen-bond donors (Lipinski definition) is 7. The molecule has 2 fully saturated rings. The summed E-state index contributed by atoms with van der Waals surface area (Å²) in [5.41, 5.74) is -0.978. The number of ether oxygens (including phenoxy) is 4. The third kappa shape index (κ3) is 5.08. The molecule has 0 aliphatic carbocycles.